The van der Waals surface area contributed by atoms with Crippen LogP contribution in [0.3, 0.4) is 0 Å². The van der Waals surface area contributed by atoms with Gasteiger partial charge in [-0.1, -0.05) is 73.0 Å². The van der Waals surface area contributed by atoms with Crippen molar-refractivity contribution in [3.05, 3.63) is 89.4 Å². The normalized spacial score (nSPS) is 14.3. The van der Waals surface area contributed by atoms with Crippen molar-refractivity contribution in [1.82, 2.24) is 30.4 Å². The number of carbonyl (C=O) groups is 2. The highest BCUT2D eigenvalue weighted by Gasteiger charge is 2.35. The van der Waals surface area contributed by atoms with Crippen molar-refractivity contribution in [2.75, 3.05) is 6.54 Å². The van der Waals surface area contributed by atoms with Crippen LogP contribution < -0.4 is 5.32 Å². The van der Waals surface area contributed by atoms with E-state index in [0.717, 1.165) is 42.4 Å². The van der Waals surface area contributed by atoms with Crippen molar-refractivity contribution in [1.29, 1.82) is 0 Å². The predicted molar refractivity (Wildman–Crippen MR) is 146 cm³/mol. The standard InChI is InChI=1S/C30H34N6O3/c1-21-12-15-24(16-13-21)29-32-34-36(33-29)20-27(37)35(19-18-23-8-4-3-5-9-23)28(26-17-14-22(2)39-26)30(38)31-25-10-6-7-11-25/h3-5,8-9,12-17,25,28H,6-7,10-11,18-20H2,1-2H3,(H,31,38)/t28-/m1/s1. The molecule has 1 saturated carbocycles. The summed E-state index contributed by atoms with van der Waals surface area (Å²) < 4.78 is 5.93. The van der Waals surface area contributed by atoms with Gasteiger partial charge in [0.1, 0.15) is 18.1 Å². The minimum Gasteiger partial charge on any atom is -0.464 e. The Morgan fingerprint density at radius 2 is 1.77 bits per heavy atom. The summed E-state index contributed by atoms with van der Waals surface area (Å²) in [5, 5.41) is 15.9. The van der Waals surface area contributed by atoms with E-state index >= 15 is 0 Å². The smallest absolute Gasteiger partial charge is 0.250 e. The lowest BCUT2D eigenvalue weighted by Crippen LogP contribution is -2.47. The predicted octanol–water partition coefficient (Wildman–Crippen LogP) is 4.42. The van der Waals surface area contributed by atoms with Crippen molar-refractivity contribution in [2.24, 2.45) is 0 Å². The largest absolute Gasteiger partial charge is 0.464 e. The second kappa shape index (κ2) is 12.1. The van der Waals surface area contributed by atoms with Crippen molar-refractivity contribution < 1.29 is 14.0 Å². The summed E-state index contributed by atoms with van der Waals surface area (Å²) in [6.07, 6.45) is 4.65. The van der Waals surface area contributed by atoms with Crippen LogP contribution in [0.2, 0.25) is 0 Å². The third kappa shape index (κ3) is 6.60. The fourth-order valence-electron chi connectivity index (χ4n) is 5.01. The maximum atomic E-state index is 13.9. The molecule has 1 aliphatic carbocycles. The van der Waals surface area contributed by atoms with Crippen molar-refractivity contribution >= 4 is 11.8 Å². The molecule has 1 fully saturated rings. The molecule has 2 aromatic carbocycles. The number of nitrogens with zero attached hydrogens (tertiary/aromatic N) is 5. The topological polar surface area (TPSA) is 106 Å². The number of nitrogens with one attached hydrogen (secondary N) is 1. The average molecular weight is 527 g/mol. The number of hydrogen-bond acceptors (Lipinski definition) is 6. The molecule has 0 saturated heterocycles. The fourth-order valence-corrected chi connectivity index (χ4v) is 5.01. The van der Waals surface area contributed by atoms with Gasteiger partial charge in [-0.25, -0.2) is 0 Å². The molecule has 2 heterocycles. The molecular weight excluding hydrogens is 492 g/mol. The van der Waals surface area contributed by atoms with Gasteiger partial charge in [0.25, 0.3) is 5.91 Å². The fraction of sp³-hybridized carbons (Fsp3) is 0.367. The maximum absolute atomic E-state index is 13.9. The number of hydrogen-bond donors (Lipinski definition) is 1. The lowest BCUT2D eigenvalue weighted by atomic mass is 10.1. The van der Waals surface area contributed by atoms with Crippen LogP contribution in [0.5, 0.6) is 0 Å². The van der Waals surface area contributed by atoms with Crippen molar-refractivity contribution in [3.8, 4) is 11.4 Å². The molecule has 0 bridgehead atoms. The third-order valence-corrected chi connectivity index (χ3v) is 7.14. The van der Waals surface area contributed by atoms with Crippen LogP contribution in [0, 0.1) is 13.8 Å². The van der Waals surface area contributed by atoms with Crippen LogP contribution in [-0.2, 0) is 22.6 Å². The second-order valence-corrected chi connectivity index (χ2v) is 10.2. The SMILES string of the molecule is Cc1ccc(-c2nnn(CC(=O)N(CCc3ccccc3)[C@@H](C(=O)NC3CCCC3)c3ccc(C)o3)n2)cc1. The molecule has 9 heteroatoms. The van der Waals surface area contributed by atoms with Crippen LogP contribution in [0.4, 0.5) is 0 Å². The Balaban J connectivity index is 1.41. The van der Waals surface area contributed by atoms with E-state index in [1.807, 2.05) is 74.5 Å². The van der Waals surface area contributed by atoms with Gasteiger partial charge in [0.2, 0.25) is 11.7 Å². The van der Waals surface area contributed by atoms with E-state index in [1.165, 1.54) is 4.80 Å². The van der Waals surface area contributed by atoms with Crippen LogP contribution in [0.15, 0.2) is 71.1 Å². The Bertz CT molecular complexity index is 1390. The van der Waals surface area contributed by atoms with Gasteiger partial charge in [0, 0.05) is 18.2 Å². The zero-order valence-corrected chi connectivity index (χ0v) is 22.4. The third-order valence-electron chi connectivity index (χ3n) is 7.14. The number of tetrazole rings is 1. The number of benzene rings is 2. The molecule has 5 rings (SSSR count). The monoisotopic (exact) mass is 526 g/mol. The quantitative estimate of drug-likeness (QED) is 0.328. The van der Waals surface area contributed by atoms with Crippen molar-refractivity contribution in [3.63, 3.8) is 0 Å². The van der Waals surface area contributed by atoms with E-state index in [4.69, 9.17) is 4.42 Å². The van der Waals surface area contributed by atoms with Crippen LogP contribution in [0.25, 0.3) is 11.4 Å². The Hall–Kier alpha value is -4.27. The molecule has 9 nitrogen and oxygen atoms in total. The first-order valence-electron chi connectivity index (χ1n) is 13.5. The molecule has 0 aliphatic heterocycles. The molecule has 1 atom stereocenters. The molecule has 202 valence electrons. The summed E-state index contributed by atoms with van der Waals surface area (Å²) >= 11 is 0. The minimum absolute atomic E-state index is 0.108. The van der Waals surface area contributed by atoms with Crippen LogP contribution in [-0.4, -0.2) is 49.5 Å². The van der Waals surface area contributed by atoms with E-state index in [2.05, 4.69) is 20.7 Å². The minimum atomic E-state index is -0.907. The van der Waals surface area contributed by atoms with Crippen molar-refractivity contribution in [2.45, 2.75) is 64.6 Å². The molecular formula is C30H34N6O3. The maximum Gasteiger partial charge on any atom is 0.250 e. The highest BCUT2D eigenvalue weighted by Crippen LogP contribution is 2.26. The van der Waals surface area contributed by atoms with Gasteiger partial charge in [-0.15, -0.1) is 10.2 Å². The van der Waals surface area contributed by atoms with E-state index in [-0.39, 0.29) is 24.4 Å². The zero-order valence-electron chi connectivity index (χ0n) is 22.4. The lowest BCUT2D eigenvalue weighted by Gasteiger charge is -2.30. The number of carbonyl (C=O) groups excluding carboxylic acids is 2. The highest BCUT2D eigenvalue weighted by atomic mass is 16.3. The summed E-state index contributed by atoms with van der Waals surface area (Å²) in [5.41, 5.74) is 3.02. The number of amides is 2. The van der Waals surface area contributed by atoms with Crippen LogP contribution in [0.1, 0.15) is 54.4 Å². The number of furan rings is 1. The highest BCUT2D eigenvalue weighted by molar-refractivity contribution is 5.88. The molecule has 2 amide bonds. The van der Waals surface area contributed by atoms with Gasteiger partial charge in [0.05, 0.1) is 0 Å². The van der Waals surface area contributed by atoms with E-state index in [1.54, 1.807) is 11.0 Å². The summed E-state index contributed by atoms with van der Waals surface area (Å²) in [6.45, 7) is 4.01. The Labute approximate surface area is 228 Å². The van der Waals surface area contributed by atoms with Crippen LogP contribution >= 0.6 is 0 Å². The average Bonchev–Trinajstić information content (AvgIpc) is 3.71. The molecule has 0 radical (unpaired) electrons. The number of aryl methyl sites for hydroxylation is 2. The molecule has 1 aliphatic rings. The summed E-state index contributed by atoms with van der Waals surface area (Å²) in [4.78, 5) is 30.5. The van der Waals surface area contributed by atoms with Gasteiger partial charge in [-0.05, 0) is 56.0 Å². The van der Waals surface area contributed by atoms with Gasteiger partial charge < -0.3 is 14.6 Å². The Morgan fingerprint density at radius 1 is 1.03 bits per heavy atom. The summed E-state index contributed by atoms with van der Waals surface area (Å²) in [5.74, 6) is 1.04. The lowest BCUT2D eigenvalue weighted by molar-refractivity contribution is -0.142. The van der Waals surface area contributed by atoms with Gasteiger partial charge in [-0.3, -0.25) is 9.59 Å². The Morgan fingerprint density at radius 3 is 2.46 bits per heavy atom. The molecule has 4 aromatic rings. The van der Waals surface area contributed by atoms with Gasteiger partial charge >= 0.3 is 0 Å². The molecule has 2 aromatic heterocycles. The molecule has 1 N–H and O–H groups in total. The van der Waals surface area contributed by atoms with E-state index in [9.17, 15) is 9.59 Å². The first-order chi connectivity index (χ1) is 19.0. The first kappa shape index (κ1) is 26.3. The Kier molecular flexibility index (Phi) is 8.15. The first-order valence-corrected chi connectivity index (χ1v) is 13.5. The summed E-state index contributed by atoms with van der Waals surface area (Å²) in [6, 6.07) is 20.5. The van der Waals surface area contributed by atoms with E-state index in [0.29, 0.717) is 30.3 Å². The van der Waals surface area contributed by atoms with Gasteiger partial charge in [-0.2, -0.15) is 4.80 Å². The molecule has 0 unspecified atom stereocenters. The second-order valence-electron chi connectivity index (χ2n) is 10.2. The molecule has 0 spiro atoms. The number of aromatic nitrogens is 4. The number of rotatable bonds is 10. The zero-order chi connectivity index (χ0) is 27.2. The molecule has 39 heavy (non-hydrogen) atoms. The van der Waals surface area contributed by atoms with Gasteiger partial charge in [0.15, 0.2) is 6.04 Å². The summed E-state index contributed by atoms with van der Waals surface area (Å²) in [7, 11) is 0. The van der Waals surface area contributed by atoms with E-state index < -0.39 is 6.04 Å².